The van der Waals surface area contributed by atoms with Gasteiger partial charge < -0.3 is 9.47 Å². The molecule has 0 aliphatic rings. The number of ether oxygens (including phenoxy) is 2. The Morgan fingerprint density at radius 1 is 1.03 bits per heavy atom. The molecular weight excluding hydrogens is 435 g/mol. The fourth-order valence-electron chi connectivity index (χ4n) is 2.23. The smallest absolute Gasteiger partial charge is 0.462 e. The average Bonchev–Trinajstić information content (AvgIpc) is 2.71. The van der Waals surface area contributed by atoms with E-state index in [0.717, 1.165) is 0 Å². The molecule has 0 aliphatic carbocycles. The molecule has 31 heavy (non-hydrogen) atoms. The molecule has 5 nitrogen and oxygen atoms in total. The van der Waals surface area contributed by atoms with Crippen LogP contribution in [-0.2, 0) is 6.61 Å². The van der Waals surface area contributed by atoms with Gasteiger partial charge in [0.05, 0.1) is 25.0 Å². The van der Waals surface area contributed by atoms with Gasteiger partial charge in [0.1, 0.15) is 6.61 Å². The third kappa shape index (κ3) is 5.36. The Kier molecular flexibility index (Phi) is 6.99. The van der Waals surface area contributed by atoms with Crippen LogP contribution in [0.5, 0.6) is 11.5 Å². The first kappa shape index (κ1) is 23.8. The van der Waals surface area contributed by atoms with Gasteiger partial charge in [0.15, 0.2) is 11.5 Å². The molecule has 0 aromatic heterocycles. The van der Waals surface area contributed by atoms with Crippen LogP contribution in [0.4, 0.5) is 30.7 Å². The number of rotatable bonds is 8. The molecule has 0 aliphatic heterocycles. The van der Waals surface area contributed by atoms with E-state index in [1.807, 2.05) is 6.07 Å². The first-order valence-corrected chi connectivity index (χ1v) is 8.34. The number of nitrogens with zero attached hydrogens (tertiary/aromatic N) is 2. The van der Waals surface area contributed by atoms with Crippen molar-refractivity contribution in [3.63, 3.8) is 0 Å². The third-order valence-electron chi connectivity index (χ3n) is 3.88. The van der Waals surface area contributed by atoms with Crippen LogP contribution in [0.25, 0.3) is 0 Å². The topological polar surface area (TPSA) is 66.6 Å². The zero-order valence-corrected chi connectivity index (χ0v) is 15.7. The first-order chi connectivity index (χ1) is 14.4. The molecule has 2 aromatic carbocycles. The molecule has 0 radical (unpaired) electrons. The van der Waals surface area contributed by atoms with E-state index in [1.165, 1.54) is 25.3 Å². The van der Waals surface area contributed by atoms with Crippen molar-refractivity contribution in [1.29, 1.82) is 5.26 Å². The van der Waals surface area contributed by atoms with E-state index >= 15 is 0 Å². The van der Waals surface area contributed by atoms with Crippen molar-refractivity contribution in [1.82, 2.24) is 5.43 Å². The SMILES string of the molecule is COc1cc(/C=N/NC(F)(F)C(F)(F)C(F)(F)F)ccc1OCc1ccccc1C#N. The van der Waals surface area contributed by atoms with Gasteiger partial charge in [-0.1, -0.05) is 18.2 Å². The summed E-state index contributed by atoms with van der Waals surface area (Å²) < 4.78 is 98.9. The largest absolute Gasteiger partial charge is 0.493 e. The van der Waals surface area contributed by atoms with Crippen LogP contribution in [0.15, 0.2) is 47.6 Å². The Bertz CT molecular complexity index is 985. The zero-order chi connectivity index (χ0) is 23.3. The maximum atomic E-state index is 13.2. The van der Waals surface area contributed by atoms with Crippen molar-refractivity contribution in [2.75, 3.05) is 7.11 Å². The van der Waals surface area contributed by atoms with Gasteiger partial charge in [0.25, 0.3) is 0 Å². The molecular formula is C19H14F7N3O2. The highest BCUT2D eigenvalue weighted by Crippen LogP contribution is 2.45. The average molecular weight is 449 g/mol. The van der Waals surface area contributed by atoms with E-state index in [0.29, 0.717) is 22.8 Å². The maximum Gasteiger partial charge on any atom is 0.462 e. The summed E-state index contributed by atoms with van der Waals surface area (Å²) in [5.74, 6) is -6.02. The van der Waals surface area contributed by atoms with Gasteiger partial charge in [-0.15, -0.1) is 0 Å². The number of alkyl halides is 7. The van der Waals surface area contributed by atoms with Gasteiger partial charge in [-0.05, 0) is 29.8 Å². The van der Waals surface area contributed by atoms with E-state index in [-0.39, 0.29) is 23.7 Å². The van der Waals surface area contributed by atoms with Crippen molar-refractivity contribution in [3.05, 3.63) is 59.2 Å². The second-order valence-electron chi connectivity index (χ2n) is 5.98. The zero-order valence-electron chi connectivity index (χ0n) is 15.7. The normalized spacial score (nSPS) is 12.5. The number of nitriles is 1. The first-order valence-electron chi connectivity index (χ1n) is 8.34. The number of benzene rings is 2. The number of hydrogen-bond donors (Lipinski definition) is 1. The van der Waals surface area contributed by atoms with Crippen LogP contribution in [0, 0.1) is 11.3 Å². The summed E-state index contributed by atoms with van der Waals surface area (Å²) in [6, 6.07) is 6.86. The van der Waals surface area contributed by atoms with Crippen LogP contribution < -0.4 is 14.9 Å². The van der Waals surface area contributed by atoms with E-state index in [1.54, 1.807) is 24.3 Å². The van der Waals surface area contributed by atoms with Crippen molar-refractivity contribution in [3.8, 4) is 17.6 Å². The third-order valence-corrected chi connectivity index (χ3v) is 3.88. The molecule has 0 bridgehead atoms. The number of nitrogens with one attached hydrogen (secondary N) is 1. The lowest BCUT2D eigenvalue weighted by atomic mass is 10.1. The van der Waals surface area contributed by atoms with Crippen molar-refractivity contribution in [2.45, 2.75) is 24.8 Å². The van der Waals surface area contributed by atoms with Crippen LogP contribution in [0.2, 0.25) is 0 Å². The Balaban J connectivity index is 2.12. The van der Waals surface area contributed by atoms with Gasteiger partial charge in [-0.2, -0.15) is 41.1 Å². The lowest BCUT2D eigenvalue weighted by molar-refractivity contribution is -0.361. The molecule has 0 fully saturated rings. The minimum atomic E-state index is -6.47. The van der Waals surface area contributed by atoms with E-state index < -0.39 is 18.1 Å². The Hall–Kier alpha value is -3.49. The maximum absolute atomic E-state index is 13.2. The minimum absolute atomic E-state index is 0.00777. The number of halogens is 7. The van der Waals surface area contributed by atoms with Crippen LogP contribution in [0.1, 0.15) is 16.7 Å². The Morgan fingerprint density at radius 3 is 2.32 bits per heavy atom. The van der Waals surface area contributed by atoms with Crippen molar-refractivity contribution >= 4 is 6.21 Å². The van der Waals surface area contributed by atoms with Gasteiger partial charge in [0.2, 0.25) is 0 Å². The molecule has 1 N–H and O–H groups in total. The van der Waals surface area contributed by atoms with Crippen LogP contribution in [-0.4, -0.2) is 31.5 Å². The van der Waals surface area contributed by atoms with E-state index in [2.05, 4.69) is 5.10 Å². The summed E-state index contributed by atoms with van der Waals surface area (Å²) in [7, 11) is 1.27. The minimum Gasteiger partial charge on any atom is -0.493 e. The molecule has 2 rings (SSSR count). The summed E-state index contributed by atoms with van der Waals surface area (Å²) in [5.41, 5.74) is 1.56. The van der Waals surface area contributed by atoms with E-state index in [9.17, 15) is 30.7 Å². The molecule has 0 heterocycles. The van der Waals surface area contributed by atoms with Crippen LogP contribution in [0.3, 0.4) is 0 Å². The van der Waals surface area contributed by atoms with Gasteiger partial charge in [-0.3, -0.25) is 0 Å². The van der Waals surface area contributed by atoms with Crippen molar-refractivity contribution in [2.24, 2.45) is 5.10 Å². The lowest BCUT2D eigenvalue weighted by Crippen LogP contribution is -2.58. The quantitative estimate of drug-likeness (QED) is 0.271. The predicted octanol–water partition coefficient (Wildman–Crippen LogP) is 4.86. The Labute approximate surface area is 171 Å². The number of hydrazone groups is 1. The van der Waals surface area contributed by atoms with Crippen molar-refractivity contribution < 1.29 is 40.2 Å². The lowest BCUT2D eigenvalue weighted by Gasteiger charge is -2.27. The van der Waals surface area contributed by atoms with Gasteiger partial charge in [-0.25, -0.2) is 5.43 Å². The molecule has 12 heteroatoms. The molecule has 0 amide bonds. The summed E-state index contributed by atoms with van der Waals surface area (Å²) in [6.07, 6.45) is -5.86. The fraction of sp³-hybridized carbons (Fsp3) is 0.263. The molecule has 166 valence electrons. The highest BCUT2D eigenvalue weighted by Gasteiger charge is 2.73. The molecule has 0 atom stereocenters. The number of methoxy groups -OCH3 is 1. The monoisotopic (exact) mass is 449 g/mol. The van der Waals surface area contributed by atoms with Gasteiger partial charge >= 0.3 is 18.1 Å². The predicted molar refractivity (Wildman–Crippen MR) is 95.2 cm³/mol. The van der Waals surface area contributed by atoms with E-state index in [4.69, 9.17) is 14.7 Å². The Morgan fingerprint density at radius 2 is 1.71 bits per heavy atom. The molecule has 0 spiro atoms. The molecule has 0 saturated carbocycles. The summed E-state index contributed by atoms with van der Waals surface area (Å²) in [6.45, 7) is 0.00777. The van der Waals surface area contributed by atoms with Crippen LogP contribution >= 0.6 is 0 Å². The highest BCUT2D eigenvalue weighted by atomic mass is 19.4. The standard InChI is InChI=1S/C19H14F7N3O2/c1-30-16-8-12(10-28-29-19(25,26)17(20,21)18(22,23)24)6-7-15(16)31-11-14-5-3-2-4-13(14)9-27/h2-8,10,29H,11H2,1H3/b28-10+. The fourth-order valence-corrected chi connectivity index (χ4v) is 2.23. The summed E-state index contributed by atoms with van der Waals surface area (Å²) in [5, 5.41) is 11.9. The van der Waals surface area contributed by atoms with Gasteiger partial charge in [0, 0.05) is 5.56 Å². The second-order valence-corrected chi connectivity index (χ2v) is 5.98. The summed E-state index contributed by atoms with van der Waals surface area (Å²) in [4.78, 5) is 0. The highest BCUT2D eigenvalue weighted by molar-refractivity contribution is 5.80. The molecule has 2 aromatic rings. The summed E-state index contributed by atoms with van der Waals surface area (Å²) >= 11 is 0. The molecule has 0 saturated heterocycles. The second kappa shape index (κ2) is 9.11. The number of hydrogen-bond acceptors (Lipinski definition) is 5. The molecule has 0 unspecified atom stereocenters.